The lowest BCUT2D eigenvalue weighted by molar-refractivity contribution is -0.459. The van der Waals surface area contributed by atoms with Crippen molar-refractivity contribution in [3.8, 4) is 5.75 Å². The van der Waals surface area contributed by atoms with Gasteiger partial charge in [-0.1, -0.05) is 24.3 Å². The van der Waals surface area contributed by atoms with E-state index in [1.165, 1.54) is 14.0 Å². The maximum atomic E-state index is 13.2. The van der Waals surface area contributed by atoms with Crippen LogP contribution in [0.1, 0.15) is 31.7 Å². The molecular weight excluding hydrogens is 468 g/mol. The van der Waals surface area contributed by atoms with Gasteiger partial charge in [0.25, 0.3) is 0 Å². The molecule has 2 aliphatic heterocycles. The maximum absolute atomic E-state index is 13.2. The first-order valence-electron chi connectivity index (χ1n) is 11.6. The SMILES string of the molecule is COC(=O)[C@H]1C/C=C\COc2ccc(cc2)C[C@H](NC(C)=O)C(=O)N[C@@H](CCC[NH+]=C(N)N)C(=O)N1. The molecule has 0 radical (unpaired) electrons. The average Bonchev–Trinajstić information content (AvgIpc) is 2.84. The summed E-state index contributed by atoms with van der Waals surface area (Å²) < 4.78 is 10.5. The van der Waals surface area contributed by atoms with Gasteiger partial charge in [0.1, 0.15) is 30.5 Å². The fraction of sp³-hybridized carbons (Fsp3) is 0.458. The molecule has 0 aliphatic carbocycles. The van der Waals surface area contributed by atoms with E-state index in [9.17, 15) is 19.2 Å². The Kier molecular flexibility index (Phi) is 11.2. The highest BCUT2D eigenvalue weighted by Gasteiger charge is 2.29. The number of hydrogen-bond acceptors (Lipinski definition) is 6. The van der Waals surface area contributed by atoms with E-state index in [0.29, 0.717) is 18.7 Å². The summed E-state index contributed by atoms with van der Waals surface area (Å²) in [6.45, 7) is 1.93. The summed E-state index contributed by atoms with van der Waals surface area (Å²) in [4.78, 5) is 53.2. The minimum Gasteiger partial charge on any atom is -0.490 e. The molecule has 2 aliphatic rings. The second-order valence-corrected chi connectivity index (χ2v) is 8.29. The molecule has 3 amide bonds. The van der Waals surface area contributed by atoms with Crippen LogP contribution in [-0.2, 0) is 30.3 Å². The number of methoxy groups -OCH3 is 1. The summed E-state index contributed by atoms with van der Waals surface area (Å²) in [5.41, 5.74) is 11.6. The van der Waals surface area contributed by atoms with Gasteiger partial charge in [-0.05, 0) is 37.0 Å². The first-order chi connectivity index (χ1) is 17.2. The number of hydrogen-bond donors (Lipinski definition) is 6. The van der Waals surface area contributed by atoms with Gasteiger partial charge in [-0.25, -0.2) is 4.79 Å². The van der Waals surface area contributed by atoms with Gasteiger partial charge in [0.2, 0.25) is 17.7 Å². The monoisotopic (exact) mass is 503 g/mol. The zero-order chi connectivity index (χ0) is 26.5. The van der Waals surface area contributed by atoms with Crippen LogP contribution in [-0.4, -0.2) is 68.0 Å². The molecule has 0 spiro atoms. The van der Waals surface area contributed by atoms with E-state index in [2.05, 4.69) is 20.9 Å². The van der Waals surface area contributed by atoms with Gasteiger partial charge in [0.15, 0.2) is 0 Å². The number of benzene rings is 1. The summed E-state index contributed by atoms with van der Waals surface area (Å²) >= 11 is 0. The third-order valence-corrected chi connectivity index (χ3v) is 5.38. The first-order valence-corrected chi connectivity index (χ1v) is 11.6. The summed E-state index contributed by atoms with van der Waals surface area (Å²) in [6.07, 6.45) is 4.46. The number of nitrogens with one attached hydrogen (secondary N) is 4. The van der Waals surface area contributed by atoms with Crippen molar-refractivity contribution in [2.45, 2.75) is 50.7 Å². The second-order valence-electron chi connectivity index (χ2n) is 8.29. The highest BCUT2D eigenvalue weighted by Crippen LogP contribution is 2.14. The van der Waals surface area contributed by atoms with E-state index in [0.717, 1.165) is 5.56 Å². The Morgan fingerprint density at radius 2 is 1.86 bits per heavy atom. The number of guanidine groups is 1. The van der Waals surface area contributed by atoms with Crippen LogP contribution in [0.2, 0.25) is 0 Å². The molecular formula is C24H35N6O6+. The van der Waals surface area contributed by atoms with Crippen LogP contribution in [0.4, 0.5) is 0 Å². The van der Waals surface area contributed by atoms with Gasteiger partial charge in [0, 0.05) is 13.3 Å². The topological polar surface area (TPSA) is 189 Å². The summed E-state index contributed by atoms with van der Waals surface area (Å²) in [7, 11) is 1.23. The summed E-state index contributed by atoms with van der Waals surface area (Å²) in [6, 6.07) is 4.25. The highest BCUT2D eigenvalue weighted by atomic mass is 16.5. The minimum atomic E-state index is -0.993. The molecule has 12 heteroatoms. The molecule has 3 rings (SSSR count). The lowest BCUT2D eigenvalue weighted by Gasteiger charge is -2.24. The van der Waals surface area contributed by atoms with Crippen molar-refractivity contribution in [3.63, 3.8) is 0 Å². The van der Waals surface area contributed by atoms with Gasteiger partial charge in [-0.3, -0.25) is 30.8 Å². The van der Waals surface area contributed by atoms with Crippen molar-refractivity contribution in [2.24, 2.45) is 11.5 Å². The Bertz CT molecular complexity index is 974. The molecule has 196 valence electrons. The third kappa shape index (κ3) is 9.65. The molecule has 0 aromatic heterocycles. The van der Waals surface area contributed by atoms with Crippen LogP contribution in [0.15, 0.2) is 36.4 Å². The maximum Gasteiger partial charge on any atom is 0.338 e. The molecule has 3 atom stereocenters. The Hall–Kier alpha value is -4.09. The standard InChI is InChI=1S/C24H34N6O6/c1-15(31)28-20-14-16-8-10-17(11-9-16)36-13-4-3-6-19(23(34)35-2)30-21(32)18(29-22(20)33)7-5-12-27-24(25)26/h3-4,8-11,18-20H,5-7,12-14H2,1-2H3,(H,28,31)(H,29,33)(H,30,32)(H4,25,26,27)/p+1/b4-3-/t18-,19+,20-/m0/s1. The molecule has 8 N–H and O–H groups in total. The van der Waals surface area contributed by atoms with Gasteiger partial charge < -0.3 is 25.4 Å². The van der Waals surface area contributed by atoms with E-state index in [4.69, 9.17) is 20.9 Å². The largest absolute Gasteiger partial charge is 0.490 e. The van der Waals surface area contributed by atoms with Crippen molar-refractivity contribution in [1.82, 2.24) is 16.0 Å². The predicted molar refractivity (Wildman–Crippen MR) is 131 cm³/mol. The Morgan fingerprint density at radius 3 is 2.50 bits per heavy atom. The summed E-state index contributed by atoms with van der Waals surface area (Å²) in [5, 5.41) is 8.00. The zero-order valence-corrected chi connectivity index (χ0v) is 20.5. The zero-order valence-electron chi connectivity index (χ0n) is 20.5. The lowest BCUT2D eigenvalue weighted by Crippen LogP contribution is -2.78. The number of fused-ring (bicyclic) bond motifs is 13. The molecule has 0 fully saturated rings. The fourth-order valence-corrected chi connectivity index (χ4v) is 3.57. The number of amides is 3. The third-order valence-electron chi connectivity index (χ3n) is 5.38. The van der Waals surface area contributed by atoms with E-state index < -0.39 is 41.8 Å². The smallest absolute Gasteiger partial charge is 0.338 e. The molecule has 0 saturated heterocycles. The second kappa shape index (κ2) is 14.3. The van der Waals surface area contributed by atoms with Crippen LogP contribution in [0.25, 0.3) is 0 Å². The average molecular weight is 504 g/mol. The normalized spacial score (nSPS) is 21.7. The first kappa shape index (κ1) is 28.1. The number of esters is 1. The van der Waals surface area contributed by atoms with Crippen LogP contribution in [0, 0.1) is 0 Å². The molecule has 1 aromatic carbocycles. The quantitative estimate of drug-likeness (QED) is 0.0798. The molecule has 12 nitrogen and oxygen atoms in total. The molecule has 2 heterocycles. The van der Waals surface area contributed by atoms with Crippen LogP contribution in [0.3, 0.4) is 0 Å². The van der Waals surface area contributed by atoms with Gasteiger partial charge in [-0.2, -0.15) is 0 Å². The number of ether oxygens (including phenoxy) is 2. The van der Waals surface area contributed by atoms with Crippen molar-refractivity contribution in [1.29, 1.82) is 0 Å². The molecule has 36 heavy (non-hydrogen) atoms. The minimum absolute atomic E-state index is 0.0376. The Morgan fingerprint density at radius 1 is 1.14 bits per heavy atom. The van der Waals surface area contributed by atoms with Gasteiger partial charge in [0.05, 0.1) is 13.7 Å². The number of carbonyl (C=O) groups is 4. The number of rotatable bonds is 6. The van der Waals surface area contributed by atoms with Crippen LogP contribution < -0.4 is 37.1 Å². The Balaban J connectivity index is 2.34. The molecule has 2 bridgehead atoms. The van der Waals surface area contributed by atoms with E-state index in [-0.39, 0.29) is 31.8 Å². The Labute approximate surface area is 209 Å². The highest BCUT2D eigenvalue weighted by molar-refractivity contribution is 5.93. The van der Waals surface area contributed by atoms with Gasteiger partial charge >= 0.3 is 11.9 Å². The van der Waals surface area contributed by atoms with Crippen molar-refractivity contribution in [2.75, 3.05) is 20.3 Å². The molecule has 0 saturated carbocycles. The van der Waals surface area contributed by atoms with Gasteiger partial charge in [-0.15, -0.1) is 0 Å². The van der Waals surface area contributed by atoms with Crippen LogP contribution in [0.5, 0.6) is 5.75 Å². The summed E-state index contributed by atoms with van der Waals surface area (Å²) in [5.74, 6) is -1.47. The van der Waals surface area contributed by atoms with Crippen LogP contribution >= 0.6 is 0 Å². The van der Waals surface area contributed by atoms with Crippen molar-refractivity contribution in [3.05, 3.63) is 42.0 Å². The van der Waals surface area contributed by atoms with E-state index >= 15 is 0 Å². The molecule has 0 unspecified atom stereocenters. The predicted octanol–water partition coefficient (Wildman–Crippen LogP) is -2.65. The lowest BCUT2D eigenvalue weighted by atomic mass is 10.0. The van der Waals surface area contributed by atoms with E-state index in [1.54, 1.807) is 36.4 Å². The number of nitrogens with two attached hydrogens (primary N) is 2. The number of carbonyl (C=O) groups excluding carboxylic acids is 4. The van der Waals surface area contributed by atoms with E-state index in [1.807, 2.05) is 0 Å². The van der Waals surface area contributed by atoms with Crippen molar-refractivity contribution >= 4 is 29.7 Å². The molecule has 1 aromatic rings. The fourth-order valence-electron chi connectivity index (χ4n) is 3.57. The van der Waals surface area contributed by atoms with Crippen molar-refractivity contribution < 1.29 is 33.6 Å².